The number of carbonyl (C=O) groups is 2. The van der Waals surface area contributed by atoms with Crippen molar-refractivity contribution in [3.8, 4) is 17.0 Å². The maximum atomic E-state index is 14.4. The van der Waals surface area contributed by atoms with E-state index in [0.717, 1.165) is 0 Å². The topological polar surface area (TPSA) is 109 Å². The molecule has 3 N–H and O–H groups in total. The second-order valence-corrected chi connectivity index (χ2v) is 7.89. The number of rotatable bonds is 6. The number of hydrogen-bond acceptors (Lipinski definition) is 5. The van der Waals surface area contributed by atoms with Gasteiger partial charge < -0.3 is 15.4 Å². The van der Waals surface area contributed by atoms with Crippen molar-refractivity contribution >= 4 is 22.7 Å². The molecule has 0 aliphatic heterocycles. The van der Waals surface area contributed by atoms with Crippen LogP contribution in [0, 0.1) is 5.82 Å². The number of aromatic amines is 1. The van der Waals surface area contributed by atoms with Crippen LogP contribution in [0.5, 0.6) is 5.88 Å². The van der Waals surface area contributed by atoms with E-state index in [1.807, 2.05) is 5.32 Å². The summed E-state index contributed by atoms with van der Waals surface area (Å²) < 4.78 is 103. The van der Waals surface area contributed by atoms with E-state index in [1.165, 1.54) is 37.4 Å². The Hall–Kier alpha value is -4.48. The van der Waals surface area contributed by atoms with Gasteiger partial charge in [0.1, 0.15) is 11.4 Å². The monoisotopic (exact) mass is 521 g/mol. The molecule has 0 bridgehead atoms. The zero-order chi connectivity index (χ0) is 31.9. The third-order valence-corrected chi connectivity index (χ3v) is 5.55. The normalized spacial score (nSPS) is 15.4. The molecule has 0 radical (unpaired) electrons. The van der Waals surface area contributed by atoms with Crippen LogP contribution in [-0.4, -0.2) is 41.0 Å². The van der Waals surface area contributed by atoms with Gasteiger partial charge in [-0.3, -0.25) is 14.7 Å². The molecular weight excluding hydrogens is 494 g/mol. The van der Waals surface area contributed by atoms with Gasteiger partial charge in [-0.25, -0.2) is 9.37 Å². The van der Waals surface area contributed by atoms with E-state index in [-0.39, 0.29) is 16.6 Å². The van der Waals surface area contributed by atoms with Crippen molar-refractivity contribution in [2.75, 3.05) is 14.0 Å². The summed E-state index contributed by atoms with van der Waals surface area (Å²) in [5.41, 5.74) is -1.27. The van der Waals surface area contributed by atoms with E-state index in [0.29, 0.717) is 29.3 Å². The molecule has 4 aromatic rings. The minimum Gasteiger partial charge on any atom is -0.480 e. The Morgan fingerprint density at radius 3 is 2.65 bits per heavy atom. The van der Waals surface area contributed by atoms with E-state index in [4.69, 9.17) is 13.0 Å². The third kappa shape index (κ3) is 5.08. The Bertz CT molecular complexity index is 1710. The van der Waals surface area contributed by atoms with Crippen LogP contribution in [-0.2, 0) is 6.18 Å². The summed E-state index contributed by atoms with van der Waals surface area (Å²) >= 11 is 0. The molecule has 2 aromatic heterocycles. The highest BCUT2D eigenvalue weighted by atomic mass is 19.4. The maximum absolute atomic E-state index is 14.4. The molecule has 12 heteroatoms. The standard InChI is InChI=1S/C25H21F4N5O3/c1-12(17-10-15(25(27,28)29)5-7-19(17)26)32-22(35)18-8-14(11-31-24(18)37-3)13-4-6-16-20(9-13)33-34-21(16)23(36)30-2/h4-12H,1-3H3,(H,30,36)(H,32,35)(H,33,34)/t12-/m1/s1/i2D3,3D3. The van der Waals surface area contributed by atoms with Gasteiger partial charge in [0.2, 0.25) is 5.88 Å². The lowest BCUT2D eigenvalue weighted by Crippen LogP contribution is -2.28. The van der Waals surface area contributed by atoms with Gasteiger partial charge in [0.15, 0.2) is 5.69 Å². The van der Waals surface area contributed by atoms with Crippen LogP contribution < -0.4 is 15.4 Å². The quantitative estimate of drug-likeness (QED) is 0.320. The number of H-pyrrole nitrogens is 1. The first-order valence-corrected chi connectivity index (χ1v) is 10.5. The summed E-state index contributed by atoms with van der Waals surface area (Å²) in [6.45, 7) is -1.50. The number of aromatic nitrogens is 3. The van der Waals surface area contributed by atoms with Crippen molar-refractivity contribution in [3.63, 3.8) is 0 Å². The first-order valence-electron chi connectivity index (χ1n) is 13.5. The summed E-state index contributed by atoms with van der Waals surface area (Å²) in [6.07, 6.45) is -3.57. The fourth-order valence-electron chi connectivity index (χ4n) is 3.69. The first-order chi connectivity index (χ1) is 19.8. The molecule has 0 unspecified atom stereocenters. The van der Waals surface area contributed by atoms with E-state index >= 15 is 0 Å². The lowest BCUT2D eigenvalue weighted by atomic mass is 10.0. The second kappa shape index (κ2) is 9.88. The number of methoxy groups -OCH3 is 1. The highest BCUT2D eigenvalue weighted by Crippen LogP contribution is 2.32. The molecular formula is C25H21F4N5O3. The van der Waals surface area contributed by atoms with Gasteiger partial charge in [-0.2, -0.15) is 18.3 Å². The number of pyridine rings is 1. The van der Waals surface area contributed by atoms with Crippen LogP contribution in [0.15, 0.2) is 48.7 Å². The van der Waals surface area contributed by atoms with Crippen molar-refractivity contribution in [3.05, 3.63) is 76.9 Å². The highest BCUT2D eigenvalue weighted by molar-refractivity contribution is 6.05. The maximum Gasteiger partial charge on any atom is 0.416 e. The average Bonchev–Trinajstić information content (AvgIpc) is 3.30. The molecule has 0 aliphatic rings. The van der Waals surface area contributed by atoms with Crippen LogP contribution >= 0.6 is 0 Å². The molecule has 4 rings (SSSR count). The molecule has 8 nitrogen and oxygen atoms in total. The van der Waals surface area contributed by atoms with Crippen LogP contribution in [0.1, 0.15) is 53.2 Å². The molecule has 1 atom stereocenters. The number of hydrogen-bond donors (Lipinski definition) is 3. The number of nitrogens with zero attached hydrogens (tertiary/aromatic N) is 2. The van der Waals surface area contributed by atoms with Crippen LogP contribution in [0.3, 0.4) is 0 Å². The van der Waals surface area contributed by atoms with Crippen LogP contribution in [0.2, 0.25) is 0 Å². The molecule has 0 aliphatic carbocycles. The molecule has 2 aromatic carbocycles. The van der Waals surface area contributed by atoms with E-state index in [1.54, 1.807) is 0 Å². The van der Waals surface area contributed by atoms with Gasteiger partial charge in [-0.15, -0.1) is 0 Å². The Labute approximate surface area is 216 Å². The van der Waals surface area contributed by atoms with Crippen LogP contribution in [0.4, 0.5) is 17.6 Å². The molecule has 0 saturated carbocycles. The van der Waals surface area contributed by atoms with Crippen molar-refractivity contribution < 1.29 is 40.1 Å². The second-order valence-electron chi connectivity index (χ2n) is 7.89. The zero-order valence-corrected chi connectivity index (χ0v) is 18.8. The number of carbonyl (C=O) groups excluding carboxylic acids is 2. The Morgan fingerprint density at radius 2 is 1.92 bits per heavy atom. The van der Waals surface area contributed by atoms with Gasteiger partial charge in [0.05, 0.1) is 28.3 Å². The van der Waals surface area contributed by atoms with Gasteiger partial charge in [0.25, 0.3) is 11.8 Å². The van der Waals surface area contributed by atoms with Gasteiger partial charge >= 0.3 is 6.18 Å². The number of ether oxygens (including phenoxy) is 1. The first kappa shape index (κ1) is 18.7. The number of amides is 2. The molecule has 0 spiro atoms. The van der Waals surface area contributed by atoms with E-state index in [2.05, 4.69) is 20.5 Å². The third-order valence-electron chi connectivity index (χ3n) is 5.55. The Balaban J connectivity index is 1.69. The smallest absolute Gasteiger partial charge is 0.416 e. The van der Waals surface area contributed by atoms with Gasteiger partial charge in [-0.1, -0.05) is 6.07 Å². The predicted octanol–water partition coefficient (Wildman–Crippen LogP) is 4.64. The van der Waals surface area contributed by atoms with Crippen molar-refractivity contribution in [1.29, 1.82) is 0 Å². The van der Waals surface area contributed by atoms with Crippen molar-refractivity contribution in [2.24, 2.45) is 0 Å². The molecule has 0 saturated heterocycles. The summed E-state index contributed by atoms with van der Waals surface area (Å²) in [7, 11) is -3.02. The molecule has 37 heavy (non-hydrogen) atoms. The molecule has 2 heterocycles. The largest absolute Gasteiger partial charge is 0.480 e. The number of alkyl halides is 3. The lowest BCUT2D eigenvalue weighted by molar-refractivity contribution is -0.137. The predicted molar refractivity (Wildman–Crippen MR) is 127 cm³/mol. The summed E-state index contributed by atoms with van der Waals surface area (Å²) in [5, 5.41) is 10.9. The average molecular weight is 522 g/mol. The fraction of sp³-hybridized carbons (Fsp3) is 0.200. The Morgan fingerprint density at radius 1 is 1.11 bits per heavy atom. The number of fused-ring (bicyclic) bond motifs is 1. The minimum atomic E-state index is -4.76. The lowest BCUT2D eigenvalue weighted by Gasteiger charge is -2.18. The van der Waals surface area contributed by atoms with E-state index < -0.39 is 66.4 Å². The number of benzene rings is 2. The van der Waals surface area contributed by atoms with Crippen molar-refractivity contribution in [1.82, 2.24) is 25.8 Å². The minimum absolute atomic E-state index is 0.187. The SMILES string of the molecule is [2H]C([2H])([2H])NC(=O)c1n[nH]c2cc(-c3cnc(OC([2H])([2H])[2H])c(C(=O)N[C@H](C)c4cc(C(F)(F)F)ccc4F)c3)ccc12. The highest BCUT2D eigenvalue weighted by Gasteiger charge is 2.32. The van der Waals surface area contributed by atoms with Gasteiger partial charge in [-0.05, 0) is 48.9 Å². The molecule has 192 valence electrons. The fourth-order valence-corrected chi connectivity index (χ4v) is 3.69. The summed E-state index contributed by atoms with van der Waals surface area (Å²) in [5.74, 6) is -3.60. The zero-order valence-electron chi connectivity index (χ0n) is 24.8. The van der Waals surface area contributed by atoms with Gasteiger partial charge in [0, 0.05) is 33.8 Å². The molecule has 0 fully saturated rings. The number of halogens is 4. The van der Waals surface area contributed by atoms with Crippen molar-refractivity contribution in [2.45, 2.75) is 19.1 Å². The summed E-state index contributed by atoms with van der Waals surface area (Å²) in [4.78, 5) is 29.5. The number of nitrogens with one attached hydrogen (secondary N) is 3. The summed E-state index contributed by atoms with van der Waals surface area (Å²) in [6, 6.07) is 6.09. The van der Waals surface area contributed by atoms with Crippen LogP contribution in [0.25, 0.3) is 22.0 Å². The molecule has 2 amide bonds. The van der Waals surface area contributed by atoms with E-state index in [9.17, 15) is 27.2 Å². The Kier molecular flexibility index (Phi) is 5.00.